The van der Waals surface area contributed by atoms with E-state index in [-0.39, 0.29) is 5.97 Å². The molecule has 1 fully saturated rings. The van der Waals surface area contributed by atoms with Crippen LogP contribution >= 0.6 is 0 Å². The van der Waals surface area contributed by atoms with Gasteiger partial charge in [0.2, 0.25) is 0 Å². The predicted octanol–water partition coefficient (Wildman–Crippen LogP) is 2.84. The summed E-state index contributed by atoms with van der Waals surface area (Å²) in [6, 6.07) is 0. The molecule has 0 saturated carbocycles. The van der Waals surface area contributed by atoms with Crippen LogP contribution < -0.4 is 0 Å². The summed E-state index contributed by atoms with van der Waals surface area (Å²) in [7, 11) is 0. The van der Waals surface area contributed by atoms with E-state index in [2.05, 4.69) is 11.8 Å². The van der Waals surface area contributed by atoms with Gasteiger partial charge in [-0.25, -0.2) is 0 Å². The molecule has 1 aliphatic heterocycles. The lowest BCUT2D eigenvalue weighted by Gasteiger charge is -2.30. The number of unbranched alkanes of at least 4 members (excludes halogenated alkanes) is 2. The van der Waals surface area contributed by atoms with Gasteiger partial charge in [0.25, 0.3) is 0 Å². The summed E-state index contributed by atoms with van der Waals surface area (Å²) in [6.45, 7) is 8.43. The van der Waals surface area contributed by atoms with E-state index in [1.807, 2.05) is 6.92 Å². The van der Waals surface area contributed by atoms with Gasteiger partial charge in [0.15, 0.2) is 0 Å². The van der Waals surface area contributed by atoms with Crippen LogP contribution in [-0.4, -0.2) is 37.1 Å². The van der Waals surface area contributed by atoms with E-state index in [0.717, 1.165) is 18.8 Å². The molecule has 3 nitrogen and oxygen atoms in total. The number of hydrogen-bond acceptors (Lipinski definition) is 3. The van der Waals surface area contributed by atoms with Gasteiger partial charge in [-0.3, -0.25) is 4.79 Å². The summed E-state index contributed by atoms with van der Waals surface area (Å²) >= 11 is 0. The zero-order valence-corrected chi connectivity index (χ0v) is 11.4. The van der Waals surface area contributed by atoms with E-state index in [1.165, 1.54) is 38.9 Å². The topological polar surface area (TPSA) is 29.5 Å². The van der Waals surface area contributed by atoms with E-state index in [0.29, 0.717) is 13.0 Å². The van der Waals surface area contributed by atoms with Gasteiger partial charge in [-0.05, 0) is 51.6 Å². The van der Waals surface area contributed by atoms with Gasteiger partial charge in [-0.2, -0.15) is 0 Å². The molecular weight excluding hydrogens is 214 g/mol. The first-order valence-electron chi connectivity index (χ1n) is 7.10. The highest BCUT2D eigenvalue weighted by molar-refractivity contribution is 5.69. The van der Waals surface area contributed by atoms with Crippen LogP contribution in [0.15, 0.2) is 0 Å². The second kappa shape index (κ2) is 8.51. The summed E-state index contributed by atoms with van der Waals surface area (Å²) in [4.78, 5) is 13.7. The maximum atomic E-state index is 11.1. The molecule has 1 atom stereocenters. The quantitative estimate of drug-likeness (QED) is 0.507. The Bertz CT molecular complexity index is 218. The molecule has 3 heteroatoms. The Balaban J connectivity index is 1.95. The molecule has 0 bridgehead atoms. The Hall–Kier alpha value is -0.570. The second-order valence-electron chi connectivity index (χ2n) is 5.16. The van der Waals surface area contributed by atoms with Crippen LogP contribution in [0.3, 0.4) is 0 Å². The first-order chi connectivity index (χ1) is 8.22. The van der Waals surface area contributed by atoms with Gasteiger partial charge in [-0.1, -0.05) is 13.3 Å². The number of piperidine rings is 1. The number of esters is 1. The van der Waals surface area contributed by atoms with Crippen LogP contribution in [0.25, 0.3) is 0 Å². The van der Waals surface area contributed by atoms with Crippen molar-refractivity contribution in [1.82, 2.24) is 4.90 Å². The molecule has 1 saturated heterocycles. The van der Waals surface area contributed by atoms with Gasteiger partial charge < -0.3 is 9.64 Å². The average Bonchev–Trinajstić information content (AvgIpc) is 2.29. The predicted molar refractivity (Wildman–Crippen MR) is 69.9 cm³/mol. The fraction of sp³-hybridized carbons (Fsp3) is 0.929. The Kier molecular flexibility index (Phi) is 7.25. The third-order valence-electron chi connectivity index (χ3n) is 3.40. The summed E-state index contributed by atoms with van der Waals surface area (Å²) in [5, 5.41) is 0. The van der Waals surface area contributed by atoms with Gasteiger partial charge in [0.1, 0.15) is 0 Å². The number of ether oxygens (including phenoxy) is 1. The highest BCUT2D eigenvalue weighted by Crippen LogP contribution is 2.16. The molecule has 0 aliphatic carbocycles. The highest BCUT2D eigenvalue weighted by Gasteiger charge is 2.15. The largest absolute Gasteiger partial charge is 0.466 e. The molecule has 1 unspecified atom stereocenters. The van der Waals surface area contributed by atoms with Crippen molar-refractivity contribution in [3.05, 3.63) is 0 Å². The van der Waals surface area contributed by atoms with E-state index < -0.39 is 0 Å². The highest BCUT2D eigenvalue weighted by atomic mass is 16.5. The van der Waals surface area contributed by atoms with E-state index in [9.17, 15) is 4.79 Å². The van der Waals surface area contributed by atoms with E-state index >= 15 is 0 Å². The molecule has 0 aromatic rings. The van der Waals surface area contributed by atoms with E-state index in [1.54, 1.807) is 0 Å². The number of carbonyl (C=O) groups is 1. The molecule has 0 spiro atoms. The Labute approximate surface area is 106 Å². The second-order valence-corrected chi connectivity index (χ2v) is 5.16. The SMILES string of the molecule is CCOC(=O)CCCCCN1CCCC(C)C1. The normalized spacial score (nSPS) is 21.4. The van der Waals surface area contributed by atoms with Crippen molar-refractivity contribution in [2.24, 2.45) is 5.92 Å². The van der Waals surface area contributed by atoms with Gasteiger partial charge >= 0.3 is 5.97 Å². The molecule has 100 valence electrons. The van der Waals surface area contributed by atoms with Crippen molar-refractivity contribution in [2.45, 2.75) is 52.4 Å². The van der Waals surface area contributed by atoms with Crippen LogP contribution in [-0.2, 0) is 9.53 Å². The van der Waals surface area contributed by atoms with Crippen LogP contribution in [0.4, 0.5) is 0 Å². The zero-order chi connectivity index (χ0) is 12.5. The fourth-order valence-corrected chi connectivity index (χ4v) is 2.50. The lowest BCUT2D eigenvalue weighted by molar-refractivity contribution is -0.143. The molecule has 17 heavy (non-hydrogen) atoms. The van der Waals surface area contributed by atoms with E-state index in [4.69, 9.17) is 4.74 Å². The Morgan fingerprint density at radius 2 is 2.18 bits per heavy atom. The molecule has 0 aromatic carbocycles. The fourth-order valence-electron chi connectivity index (χ4n) is 2.50. The van der Waals surface area contributed by atoms with Crippen molar-refractivity contribution in [3.63, 3.8) is 0 Å². The average molecular weight is 241 g/mol. The minimum atomic E-state index is -0.0425. The monoisotopic (exact) mass is 241 g/mol. The zero-order valence-electron chi connectivity index (χ0n) is 11.4. The maximum Gasteiger partial charge on any atom is 0.305 e. The number of hydrogen-bond donors (Lipinski definition) is 0. The molecule has 0 radical (unpaired) electrons. The first kappa shape index (κ1) is 14.5. The van der Waals surface area contributed by atoms with Crippen molar-refractivity contribution in [3.8, 4) is 0 Å². The summed E-state index contributed by atoms with van der Waals surface area (Å²) in [5.74, 6) is 0.822. The number of likely N-dealkylation sites (tertiary alicyclic amines) is 1. The van der Waals surface area contributed by atoms with Crippen LogP contribution in [0.5, 0.6) is 0 Å². The number of carbonyl (C=O) groups excluding carboxylic acids is 1. The van der Waals surface area contributed by atoms with Crippen molar-refractivity contribution < 1.29 is 9.53 Å². The summed E-state index contributed by atoms with van der Waals surface area (Å²) < 4.78 is 4.90. The van der Waals surface area contributed by atoms with Crippen LogP contribution in [0.2, 0.25) is 0 Å². The molecule has 1 rings (SSSR count). The maximum absolute atomic E-state index is 11.1. The molecular formula is C14H27NO2. The Morgan fingerprint density at radius 3 is 2.88 bits per heavy atom. The molecule has 1 heterocycles. The number of nitrogens with zero attached hydrogens (tertiary/aromatic N) is 1. The van der Waals surface area contributed by atoms with Gasteiger partial charge in [0.05, 0.1) is 6.61 Å². The molecule has 1 aliphatic rings. The standard InChI is InChI=1S/C14H27NO2/c1-3-17-14(16)9-5-4-6-10-15-11-7-8-13(2)12-15/h13H,3-12H2,1-2H3. The first-order valence-corrected chi connectivity index (χ1v) is 7.10. The minimum Gasteiger partial charge on any atom is -0.466 e. The summed E-state index contributed by atoms with van der Waals surface area (Å²) in [6.07, 6.45) is 6.66. The van der Waals surface area contributed by atoms with Crippen LogP contribution in [0.1, 0.15) is 52.4 Å². The molecule has 0 amide bonds. The number of rotatable bonds is 7. The third kappa shape index (κ3) is 6.67. The minimum absolute atomic E-state index is 0.0425. The van der Waals surface area contributed by atoms with Crippen LogP contribution in [0, 0.1) is 5.92 Å². The molecule has 0 N–H and O–H groups in total. The Morgan fingerprint density at radius 1 is 1.35 bits per heavy atom. The third-order valence-corrected chi connectivity index (χ3v) is 3.40. The molecule has 0 aromatic heterocycles. The summed E-state index contributed by atoms with van der Waals surface area (Å²) in [5.41, 5.74) is 0. The smallest absolute Gasteiger partial charge is 0.305 e. The van der Waals surface area contributed by atoms with Crippen molar-refractivity contribution >= 4 is 5.97 Å². The lowest BCUT2D eigenvalue weighted by atomic mass is 10.00. The van der Waals surface area contributed by atoms with Crippen molar-refractivity contribution in [2.75, 3.05) is 26.2 Å². The van der Waals surface area contributed by atoms with Crippen molar-refractivity contribution in [1.29, 1.82) is 0 Å². The van der Waals surface area contributed by atoms with Gasteiger partial charge in [-0.15, -0.1) is 0 Å². The van der Waals surface area contributed by atoms with Gasteiger partial charge in [0, 0.05) is 13.0 Å². The lowest BCUT2D eigenvalue weighted by Crippen LogP contribution is -2.34.